The van der Waals surface area contributed by atoms with E-state index in [4.69, 9.17) is 4.74 Å². The van der Waals surface area contributed by atoms with E-state index < -0.39 is 6.61 Å². The minimum absolute atomic E-state index is 0.0418. The van der Waals surface area contributed by atoms with Crippen LogP contribution in [0.3, 0.4) is 0 Å². The Kier molecular flexibility index (Phi) is 11.4. The monoisotopic (exact) mass is 539 g/mol. The molecule has 0 saturated carbocycles. The van der Waals surface area contributed by atoms with Gasteiger partial charge in [-0.1, -0.05) is 24.8 Å². The highest BCUT2D eigenvalue weighted by atomic mass is 19.3. The third kappa shape index (κ3) is 8.33. The summed E-state index contributed by atoms with van der Waals surface area (Å²) in [5, 5.41) is 0. The SMILES string of the molecule is C=Nc1ccc(C#CCCN2CCN(C)CC2)cc1N(CC(CC)N(C)C)c1c(C=O)cccc1OC(F)F. The van der Waals surface area contributed by atoms with Crippen molar-refractivity contribution in [3.05, 3.63) is 47.5 Å². The number of ether oxygens (including phenoxy) is 1. The summed E-state index contributed by atoms with van der Waals surface area (Å²) in [5.41, 5.74) is 2.43. The Hall–Kier alpha value is -3.32. The Bertz CT molecular complexity index is 1170. The number of halogens is 2. The molecule has 210 valence electrons. The normalized spacial score (nSPS) is 15.1. The minimum Gasteiger partial charge on any atom is -0.433 e. The van der Waals surface area contributed by atoms with E-state index in [1.54, 1.807) is 6.07 Å². The van der Waals surface area contributed by atoms with Crippen LogP contribution >= 0.6 is 0 Å². The number of rotatable bonds is 12. The van der Waals surface area contributed by atoms with E-state index in [-0.39, 0.29) is 23.0 Å². The van der Waals surface area contributed by atoms with E-state index in [0.717, 1.165) is 51.1 Å². The van der Waals surface area contributed by atoms with Crippen LogP contribution in [0.25, 0.3) is 0 Å². The molecule has 2 aromatic carbocycles. The molecule has 0 aliphatic carbocycles. The molecule has 0 N–H and O–H groups in total. The van der Waals surface area contributed by atoms with Gasteiger partial charge >= 0.3 is 6.61 Å². The maximum absolute atomic E-state index is 13.4. The number of hydrogen-bond donors (Lipinski definition) is 0. The molecule has 0 radical (unpaired) electrons. The largest absolute Gasteiger partial charge is 0.433 e. The summed E-state index contributed by atoms with van der Waals surface area (Å²) in [7, 11) is 6.06. The molecule has 7 nitrogen and oxygen atoms in total. The Morgan fingerprint density at radius 3 is 2.54 bits per heavy atom. The Labute approximate surface area is 231 Å². The van der Waals surface area contributed by atoms with Gasteiger partial charge in [-0.3, -0.25) is 14.7 Å². The van der Waals surface area contributed by atoms with E-state index in [1.807, 2.05) is 37.2 Å². The van der Waals surface area contributed by atoms with Gasteiger partial charge in [0.2, 0.25) is 0 Å². The van der Waals surface area contributed by atoms with Crippen molar-refractivity contribution in [3.8, 4) is 17.6 Å². The Morgan fingerprint density at radius 2 is 1.92 bits per heavy atom. The number of likely N-dealkylation sites (N-methyl/N-ethyl adjacent to an activating group) is 2. The van der Waals surface area contributed by atoms with Crippen molar-refractivity contribution in [2.24, 2.45) is 4.99 Å². The molecule has 1 aliphatic rings. The van der Waals surface area contributed by atoms with Crippen molar-refractivity contribution in [1.29, 1.82) is 0 Å². The topological polar surface area (TPSA) is 51.6 Å². The molecule has 1 heterocycles. The number of nitrogens with zero attached hydrogens (tertiary/aromatic N) is 5. The van der Waals surface area contributed by atoms with Gasteiger partial charge in [0.1, 0.15) is 5.75 Å². The number of alkyl halides is 2. The van der Waals surface area contributed by atoms with Crippen LogP contribution in [0.5, 0.6) is 5.75 Å². The van der Waals surface area contributed by atoms with E-state index in [0.29, 0.717) is 24.2 Å². The highest BCUT2D eigenvalue weighted by Crippen LogP contribution is 2.42. The number of aldehydes is 1. The number of piperazine rings is 1. The third-order valence-electron chi connectivity index (χ3n) is 7.06. The van der Waals surface area contributed by atoms with E-state index >= 15 is 0 Å². The average molecular weight is 540 g/mol. The van der Waals surface area contributed by atoms with Crippen LogP contribution in [-0.2, 0) is 0 Å². The molecule has 0 amide bonds. The lowest BCUT2D eigenvalue weighted by Crippen LogP contribution is -2.44. The van der Waals surface area contributed by atoms with Crippen molar-refractivity contribution in [2.75, 3.05) is 65.3 Å². The molecule has 0 bridgehead atoms. The molecule has 39 heavy (non-hydrogen) atoms. The number of carbonyl (C=O) groups is 1. The molecule has 3 rings (SSSR count). The van der Waals surface area contributed by atoms with E-state index in [2.05, 4.69) is 52.2 Å². The molecule has 0 spiro atoms. The zero-order valence-corrected chi connectivity index (χ0v) is 23.4. The maximum Gasteiger partial charge on any atom is 0.387 e. The highest BCUT2D eigenvalue weighted by molar-refractivity contribution is 5.92. The number of aliphatic imine (C=N–C) groups is 1. The van der Waals surface area contributed by atoms with Crippen LogP contribution in [0.4, 0.5) is 25.8 Å². The van der Waals surface area contributed by atoms with Crippen LogP contribution < -0.4 is 9.64 Å². The van der Waals surface area contributed by atoms with Crippen molar-refractivity contribution in [1.82, 2.24) is 14.7 Å². The molecular weight excluding hydrogens is 500 g/mol. The van der Waals surface area contributed by atoms with Crippen LogP contribution in [0.1, 0.15) is 35.7 Å². The molecule has 1 saturated heterocycles. The average Bonchev–Trinajstić information content (AvgIpc) is 2.92. The van der Waals surface area contributed by atoms with Gasteiger partial charge in [0.15, 0.2) is 6.29 Å². The first-order valence-corrected chi connectivity index (χ1v) is 13.2. The molecular formula is C30H39F2N5O2. The van der Waals surface area contributed by atoms with Crippen molar-refractivity contribution in [2.45, 2.75) is 32.4 Å². The lowest BCUT2D eigenvalue weighted by molar-refractivity contribution is -0.0495. The van der Waals surface area contributed by atoms with Gasteiger partial charge in [-0.05, 0) is 64.6 Å². The van der Waals surface area contributed by atoms with Crippen molar-refractivity contribution < 1.29 is 18.3 Å². The summed E-state index contributed by atoms with van der Waals surface area (Å²) in [6, 6.07) is 10.2. The molecule has 1 unspecified atom stereocenters. The molecule has 9 heteroatoms. The summed E-state index contributed by atoms with van der Waals surface area (Å²) >= 11 is 0. The zero-order chi connectivity index (χ0) is 28.4. The summed E-state index contributed by atoms with van der Waals surface area (Å²) < 4.78 is 31.7. The number of benzene rings is 2. The molecule has 1 aliphatic heterocycles. The zero-order valence-electron chi connectivity index (χ0n) is 23.4. The molecule has 1 fully saturated rings. The van der Waals surface area contributed by atoms with Crippen LogP contribution in [0, 0.1) is 11.8 Å². The van der Waals surface area contributed by atoms with Crippen molar-refractivity contribution >= 4 is 30.1 Å². The molecule has 2 aromatic rings. The first kappa shape index (κ1) is 30.2. The van der Waals surface area contributed by atoms with Gasteiger partial charge in [-0.2, -0.15) is 8.78 Å². The summed E-state index contributed by atoms with van der Waals surface area (Å²) in [5.74, 6) is 6.44. The fourth-order valence-corrected chi connectivity index (χ4v) is 4.69. The van der Waals surface area contributed by atoms with Gasteiger partial charge in [0.25, 0.3) is 0 Å². The number of carbonyl (C=O) groups excluding carboxylic acids is 1. The van der Waals surface area contributed by atoms with Gasteiger partial charge in [-0.25, -0.2) is 0 Å². The lowest BCUT2D eigenvalue weighted by atomic mass is 10.1. The second-order valence-electron chi connectivity index (χ2n) is 9.88. The summed E-state index contributed by atoms with van der Waals surface area (Å²) in [4.78, 5) is 24.9. The predicted octanol–water partition coefficient (Wildman–Crippen LogP) is 4.90. The van der Waals surface area contributed by atoms with E-state index in [9.17, 15) is 13.6 Å². The summed E-state index contributed by atoms with van der Waals surface area (Å²) in [6.07, 6.45) is 2.18. The molecule has 0 aromatic heterocycles. The number of anilines is 2. The van der Waals surface area contributed by atoms with Crippen LogP contribution in [0.15, 0.2) is 41.4 Å². The Balaban J connectivity index is 2.02. The van der Waals surface area contributed by atoms with Gasteiger partial charge < -0.3 is 19.4 Å². The fourth-order valence-electron chi connectivity index (χ4n) is 4.69. The van der Waals surface area contributed by atoms with Crippen LogP contribution in [0.2, 0.25) is 0 Å². The smallest absolute Gasteiger partial charge is 0.387 e. The van der Waals surface area contributed by atoms with Gasteiger partial charge in [-0.15, -0.1) is 0 Å². The predicted molar refractivity (Wildman–Crippen MR) is 154 cm³/mol. The first-order valence-electron chi connectivity index (χ1n) is 13.2. The summed E-state index contributed by atoms with van der Waals surface area (Å²) in [6.45, 7) is 8.26. The van der Waals surface area contributed by atoms with E-state index in [1.165, 1.54) is 12.1 Å². The second kappa shape index (κ2) is 14.7. The first-order chi connectivity index (χ1) is 18.8. The maximum atomic E-state index is 13.4. The Morgan fingerprint density at radius 1 is 1.18 bits per heavy atom. The van der Waals surface area contributed by atoms with Gasteiger partial charge in [0, 0.05) is 62.9 Å². The highest BCUT2D eigenvalue weighted by Gasteiger charge is 2.26. The van der Waals surface area contributed by atoms with Crippen molar-refractivity contribution in [3.63, 3.8) is 0 Å². The lowest BCUT2D eigenvalue weighted by Gasteiger charge is -2.34. The quantitative estimate of drug-likeness (QED) is 0.217. The number of hydrogen-bond acceptors (Lipinski definition) is 7. The number of para-hydroxylation sites is 1. The van der Waals surface area contributed by atoms with Crippen LogP contribution in [-0.4, -0.2) is 101 Å². The standard InChI is InChI=1S/C30H39F2N5O2/c1-6-25(34(3)4)21-37(29-24(22-38)11-9-12-28(29)39-30(31)32)27-20-23(13-14-26(27)33-2)10-7-8-15-36-18-16-35(5)17-19-36/h9,11-14,20,22,25,30H,2,6,8,15-19,21H2,1,3-5H3. The third-order valence-corrected chi connectivity index (χ3v) is 7.06. The fraction of sp³-hybridized carbons (Fsp3) is 0.467. The minimum atomic E-state index is -3.04. The molecule has 1 atom stereocenters. The second-order valence-corrected chi connectivity index (χ2v) is 9.88. The van der Waals surface area contributed by atoms with Gasteiger partial charge in [0.05, 0.1) is 17.1 Å².